The van der Waals surface area contributed by atoms with Gasteiger partial charge in [-0.05, 0) is 34.0 Å². The molecule has 88 valence electrons. The Morgan fingerprint density at radius 1 is 1.50 bits per heavy atom. The lowest BCUT2D eigenvalue weighted by Gasteiger charge is -2.20. The van der Waals surface area contributed by atoms with Crippen molar-refractivity contribution in [1.82, 2.24) is 0 Å². The molecule has 0 amide bonds. The van der Waals surface area contributed by atoms with Crippen molar-refractivity contribution in [3.8, 4) is 0 Å². The molecule has 0 bridgehead atoms. The van der Waals surface area contributed by atoms with Crippen LogP contribution in [0.1, 0.15) is 13.8 Å². The summed E-state index contributed by atoms with van der Waals surface area (Å²) >= 11 is 3.18. The maximum atomic E-state index is 13.5. The molecule has 3 nitrogen and oxygen atoms in total. The van der Waals surface area contributed by atoms with Crippen LogP contribution in [0.3, 0.4) is 0 Å². The lowest BCUT2D eigenvalue weighted by Crippen LogP contribution is -2.34. The van der Waals surface area contributed by atoms with Gasteiger partial charge in [0.15, 0.2) is 0 Å². The van der Waals surface area contributed by atoms with Crippen molar-refractivity contribution in [2.24, 2.45) is 5.92 Å². The van der Waals surface area contributed by atoms with Crippen molar-refractivity contribution in [2.45, 2.75) is 19.9 Å². The number of carboxylic acids is 1. The molecule has 0 aliphatic rings. The number of para-hydroxylation sites is 1. The highest BCUT2D eigenvalue weighted by molar-refractivity contribution is 9.10. The monoisotopic (exact) mass is 289 g/mol. The first-order valence-corrected chi connectivity index (χ1v) is 5.66. The van der Waals surface area contributed by atoms with Crippen molar-refractivity contribution in [3.05, 3.63) is 28.5 Å². The van der Waals surface area contributed by atoms with Gasteiger partial charge in [-0.15, -0.1) is 0 Å². The Hall–Kier alpha value is -1.10. The van der Waals surface area contributed by atoms with Crippen LogP contribution in [-0.2, 0) is 4.79 Å². The predicted molar refractivity (Wildman–Crippen MR) is 64.0 cm³/mol. The van der Waals surface area contributed by atoms with Gasteiger partial charge in [0, 0.05) is 4.47 Å². The SMILES string of the molecule is CC(C)C(Nc1c(F)cccc1Br)C(=O)O. The number of carbonyl (C=O) groups is 1. The molecule has 0 aliphatic heterocycles. The van der Waals surface area contributed by atoms with Gasteiger partial charge in [0.05, 0.1) is 5.69 Å². The van der Waals surface area contributed by atoms with Gasteiger partial charge in [-0.1, -0.05) is 19.9 Å². The molecule has 5 heteroatoms. The number of hydrogen-bond acceptors (Lipinski definition) is 2. The molecule has 0 aromatic heterocycles. The maximum absolute atomic E-state index is 13.5. The summed E-state index contributed by atoms with van der Waals surface area (Å²) in [5.41, 5.74) is 0.184. The summed E-state index contributed by atoms with van der Waals surface area (Å²) < 4.78 is 14.0. The highest BCUT2D eigenvalue weighted by Crippen LogP contribution is 2.26. The van der Waals surface area contributed by atoms with E-state index >= 15 is 0 Å². The van der Waals surface area contributed by atoms with Crippen molar-refractivity contribution in [3.63, 3.8) is 0 Å². The van der Waals surface area contributed by atoms with E-state index in [-0.39, 0.29) is 11.6 Å². The number of nitrogens with one attached hydrogen (secondary N) is 1. The van der Waals surface area contributed by atoms with Crippen molar-refractivity contribution in [1.29, 1.82) is 0 Å². The Kier molecular flexibility index (Phi) is 4.29. The first-order chi connectivity index (χ1) is 7.43. The fourth-order valence-electron chi connectivity index (χ4n) is 1.30. The Morgan fingerprint density at radius 3 is 2.56 bits per heavy atom. The molecule has 1 atom stereocenters. The summed E-state index contributed by atoms with van der Waals surface area (Å²) in [6.07, 6.45) is 0. The van der Waals surface area contributed by atoms with E-state index in [4.69, 9.17) is 5.11 Å². The van der Waals surface area contributed by atoms with E-state index in [1.54, 1.807) is 26.0 Å². The standard InChI is InChI=1S/C11H13BrFNO2/c1-6(2)9(11(15)16)14-10-7(12)4-3-5-8(10)13/h3-6,9,14H,1-2H3,(H,15,16). The molecule has 1 rings (SSSR count). The van der Waals surface area contributed by atoms with Crippen LogP contribution < -0.4 is 5.32 Å². The molecule has 0 saturated heterocycles. The van der Waals surface area contributed by atoms with Crippen LogP contribution in [-0.4, -0.2) is 17.1 Å². The molecule has 1 aromatic carbocycles. The topological polar surface area (TPSA) is 49.3 Å². The number of hydrogen-bond donors (Lipinski definition) is 2. The van der Waals surface area contributed by atoms with Crippen LogP contribution in [0.25, 0.3) is 0 Å². The Balaban J connectivity index is 2.98. The van der Waals surface area contributed by atoms with E-state index in [9.17, 15) is 9.18 Å². The molecular formula is C11H13BrFNO2. The highest BCUT2D eigenvalue weighted by atomic mass is 79.9. The lowest BCUT2D eigenvalue weighted by atomic mass is 10.0. The zero-order chi connectivity index (χ0) is 12.3. The zero-order valence-corrected chi connectivity index (χ0v) is 10.6. The van der Waals surface area contributed by atoms with E-state index in [1.807, 2.05) is 0 Å². The van der Waals surface area contributed by atoms with Crippen molar-refractivity contribution in [2.75, 3.05) is 5.32 Å². The minimum Gasteiger partial charge on any atom is -0.480 e. The van der Waals surface area contributed by atoms with Gasteiger partial charge < -0.3 is 10.4 Å². The Morgan fingerprint density at radius 2 is 2.12 bits per heavy atom. The minimum atomic E-state index is -0.995. The van der Waals surface area contributed by atoms with Crippen LogP contribution in [0, 0.1) is 11.7 Å². The van der Waals surface area contributed by atoms with Crippen LogP contribution in [0.4, 0.5) is 10.1 Å². The van der Waals surface area contributed by atoms with Crippen LogP contribution in [0.2, 0.25) is 0 Å². The van der Waals surface area contributed by atoms with Crippen molar-refractivity contribution < 1.29 is 14.3 Å². The molecular weight excluding hydrogens is 277 g/mol. The third kappa shape index (κ3) is 2.95. The third-order valence-electron chi connectivity index (χ3n) is 2.20. The van der Waals surface area contributed by atoms with Gasteiger partial charge in [0.25, 0.3) is 0 Å². The molecule has 0 aliphatic carbocycles. The second kappa shape index (κ2) is 5.30. The average molecular weight is 290 g/mol. The Labute approximate surface area is 102 Å². The van der Waals surface area contributed by atoms with E-state index in [0.717, 1.165) is 0 Å². The molecule has 2 N–H and O–H groups in total. The summed E-state index contributed by atoms with van der Waals surface area (Å²) in [4.78, 5) is 11.0. The lowest BCUT2D eigenvalue weighted by molar-refractivity contribution is -0.138. The quantitative estimate of drug-likeness (QED) is 0.895. The highest BCUT2D eigenvalue weighted by Gasteiger charge is 2.23. The number of aliphatic carboxylic acids is 1. The first-order valence-electron chi connectivity index (χ1n) is 4.87. The fraction of sp³-hybridized carbons (Fsp3) is 0.364. The number of halogens is 2. The second-order valence-electron chi connectivity index (χ2n) is 3.80. The predicted octanol–water partition coefficient (Wildman–Crippen LogP) is 3.11. The molecule has 0 spiro atoms. The van der Waals surface area contributed by atoms with E-state index in [2.05, 4.69) is 21.2 Å². The summed E-state index contributed by atoms with van der Waals surface area (Å²) in [6, 6.07) is 3.68. The van der Waals surface area contributed by atoms with Crippen LogP contribution >= 0.6 is 15.9 Å². The third-order valence-corrected chi connectivity index (χ3v) is 2.86. The normalized spacial score (nSPS) is 12.6. The summed E-state index contributed by atoms with van der Waals surface area (Å²) in [5.74, 6) is -1.60. The molecule has 0 fully saturated rings. The molecule has 0 heterocycles. The molecule has 0 radical (unpaired) electrons. The summed E-state index contributed by atoms with van der Waals surface area (Å²) in [6.45, 7) is 3.53. The first kappa shape index (κ1) is 13.0. The van der Waals surface area contributed by atoms with Gasteiger partial charge >= 0.3 is 5.97 Å². The molecule has 1 aromatic rings. The van der Waals surface area contributed by atoms with Gasteiger partial charge in [-0.2, -0.15) is 0 Å². The maximum Gasteiger partial charge on any atom is 0.326 e. The zero-order valence-electron chi connectivity index (χ0n) is 9.00. The van der Waals surface area contributed by atoms with E-state index < -0.39 is 17.8 Å². The number of rotatable bonds is 4. The van der Waals surface area contributed by atoms with Crippen LogP contribution in [0.15, 0.2) is 22.7 Å². The molecule has 16 heavy (non-hydrogen) atoms. The van der Waals surface area contributed by atoms with E-state index in [1.165, 1.54) is 6.07 Å². The Bertz CT molecular complexity index is 375. The van der Waals surface area contributed by atoms with Crippen LogP contribution in [0.5, 0.6) is 0 Å². The minimum absolute atomic E-state index is 0.135. The number of anilines is 1. The number of carboxylic acid groups (broad SMARTS) is 1. The average Bonchev–Trinajstić information content (AvgIpc) is 2.15. The summed E-state index contributed by atoms with van der Waals surface area (Å²) in [7, 11) is 0. The molecule has 0 saturated carbocycles. The van der Waals surface area contributed by atoms with E-state index in [0.29, 0.717) is 4.47 Å². The van der Waals surface area contributed by atoms with Crippen molar-refractivity contribution >= 4 is 27.6 Å². The van der Waals surface area contributed by atoms with Gasteiger partial charge in [0.1, 0.15) is 11.9 Å². The second-order valence-corrected chi connectivity index (χ2v) is 4.66. The molecule has 1 unspecified atom stereocenters. The van der Waals surface area contributed by atoms with Gasteiger partial charge in [-0.25, -0.2) is 9.18 Å². The van der Waals surface area contributed by atoms with Gasteiger partial charge in [-0.3, -0.25) is 0 Å². The summed E-state index contributed by atoms with van der Waals surface area (Å²) in [5, 5.41) is 11.7. The fourth-order valence-corrected chi connectivity index (χ4v) is 1.76. The van der Waals surface area contributed by atoms with Gasteiger partial charge in [0.2, 0.25) is 0 Å². The largest absolute Gasteiger partial charge is 0.480 e. The number of benzene rings is 1. The smallest absolute Gasteiger partial charge is 0.326 e.